The number of rotatable bonds is 3. The Bertz CT molecular complexity index is 389. The average Bonchev–Trinajstić information content (AvgIpc) is 2.59. The molecule has 1 saturated carbocycles. The van der Waals surface area contributed by atoms with E-state index in [1.165, 1.54) is 31.4 Å². The summed E-state index contributed by atoms with van der Waals surface area (Å²) in [5.41, 5.74) is 2.24. The van der Waals surface area contributed by atoms with Crippen molar-refractivity contribution in [3.63, 3.8) is 0 Å². The minimum Gasteiger partial charge on any atom is -0.271 e. The molecular weight excluding hydrogens is 300 g/mol. The molecule has 4 heteroatoms. The molecule has 2 unspecified atom stereocenters. The van der Waals surface area contributed by atoms with Gasteiger partial charge in [0.15, 0.2) is 0 Å². The van der Waals surface area contributed by atoms with Crippen molar-refractivity contribution in [3.05, 3.63) is 16.4 Å². The van der Waals surface area contributed by atoms with Gasteiger partial charge in [0.05, 0.1) is 16.4 Å². The Labute approximate surface area is 117 Å². The Balaban J connectivity index is 2.14. The summed E-state index contributed by atoms with van der Waals surface area (Å²) in [7, 11) is 2.01. The fraction of sp³-hybridized carbons (Fsp3) is 0.769. The predicted molar refractivity (Wildman–Crippen MR) is 76.0 cm³/mol. The van der Waals surface area contributed by atoms with Crippen LogP contribution in [0, 0.1) is 5.92 Å². The van der Waals surface area contributed by atoms with Crippen molar-refractivity contribution >= 4 is 27.5 Å². The molecule has 0 aromatic carbocycles. The van der Waals surface area contributed by atoms with Gasteiger partial charge in [-0.25, -0.2) is 0 Å². The summed E-state index contributed by atoms with van der Waals surface area (Å²) >= 11 is 10.2. The van der Waals surface area contributed by atoms with Crippen molar-refractivity contribution in [1.82, 2.24) is 9.78 Å². The third-order valence-electron chi connectivity index (χ3n) is 3.77. The lowest BCUT2D eigenvalue weighted by Crippen LogP contribution is -2.22. The standard InChI is InChI=1S/C13H20BrClN2/c1-3-11-13(15)12(17(2)16-11)8-9-6-4-5-7-10(9)14/h9-10H,3-8H2,1-2H3. The van der Waals surface area contributed by atoms with Gasteiger partial charge < -0.3 is 0 Å². The number of hydrogen-bond donors (Lipinski definition) is 0. The first-order chi connectivity index (χ1) is 8.13. The number of halogens is 2. The molecule has 0 aliphatic heterocycles. The van der Waals surface area contributed by atoms with Crippen molar-refractivity contribution in [1.29, 1.82) is 0 Å². The fourth-order valence-corrected chi connectivity index (χ4v) is 3.83. The number of nitrogens with zero attached hydrogens (tertiary/aromatic N) is 2. The zero-order valence-electron chi connectivity index (χ0n) is 10.5. The smallest absolute Gasteiger partial charge is 0.0849 e. The third kappa shape index (κ3) is 2.87. The van der Waals surface area contributed by atoms with Gasteiger partial charge in [-0.1, -0.05) is 47.3 Å². The van der Waals surface area contributed by atoms with Gasteiger partial charge in [0.1, 0.15) is 0 Å². The van der Waals surface area contributed by atoms with E-state index in [1.54, 1.807) is 0 Å². The van der Waals surface area contributed by atoms with Crippen LogP contribution in [0.5, 0.6) is 0 Å². The molecule has 2 atom stereocenters. The Kier molecular flexibility index (Phi) is 4.53. The third-order valence-corrected chi connectivity index (χ3v) is 5.42. The van der Waals surface area contributed by atoms with Crippen molar-refractivity contribution in [2.24, 2.45) is 13.0 Å². The minimum atomic E-state index is 0.646. The van der Waals surface area contributed by atoms with Crippen molar-refractivity contribution in [3.8, 4) is 0 Å². The van der Waals surface area contributed by atoms with Crippen LogP contribution >= 0.6 is 27.5 Å². The molecule has 2 rings (SSSR count). The molecule has 0 bridgehead atoms. The highest BCUT2D eigenvalue weighted by atomic mass is 79.9. The largest absolute Gasteiger partial charge is 0.271 e. The van der Waals surface area contributed by atoms with Crippen molar-refractivity contribution in [2.45, 2.75) is 50.3 Å². The molecule has 1 aliphatic carbocycles. The molecule has 17 heavy (non-hydrogen) atoms. The molecule has 1 aromatic heterocycles. The van der Waals surface area contributed by atoms with Crippen molar-refractivity contribution in [2.75, 3.05) is 0 Å². The Morgan fingerprint density at radius 1 is 1.41 bits per heavy atom. The monoisotopic (exact) mass is 318 g/mol. The van der Waals surface area contributed by atoms with E-state index in [1.807, 2.05) is 11.7 Å². The molecule has 0 saturated heterocycles. The topological polar surface area (TPSA) is 17.8 Å². The molecule has 0 N–H and O–H groups in total. The van der Waals surface area contributed by atoms with E-state index >= 15 is 0 Å². The van der Waals surface area contributed by atoms with Crippen LogP contribution in [0.15, 0.2) is 0 Å². The lowest BCUT2D eigenvalue weighted by Gasteiger charge is -2.27. The quantitative estimate of drug-likeness (QED) is 0.766. The molecule has 1 aliphatic rings. The SMILES string of the molecule is CCc1nn(C)c(CC2CCCCC2Br)c1Cl. The van der Waals surface area contributed by atoms with Crippen LogP contribution in [0.25, 0.3) is 0 Å². The van der Waals surface area contributed by atoms with E-state index in [9.17, 15) is 0 Å². The molecule has 1 heterocycles. The zero-order chi connectivity index (χ0) is 12.4. The average molecular weight is 320 g/mol. The van der Waals surface area contributed by atoms with Gasteiger partial charge in [-0.05, 0) is 31.6 Å². The summed E-state index contributed by atoms with van der Waals surface area (Å²) < 4.78 is 1.97. The summed E-state index contributed by atoms with van der Waals surface area (Å²) in [4.78, 5) is 0.646. The Hall–Kier alpha value is -0.0200. The highest BCUT2D eigenvalue weighted by Crippen LogP contribution is 2.34. The van der Waals surface area contributed by atoms with E-state index in [2.05, 4.69) is 28.0 Å². The fourth-order valence-electron chi connectivity index (χ4n) is 2.68. The minimum absolute atomic E-state index is 0.646. The van der Waals surface area contributed by atoms with Gasteiger partial charge in [-0.2, -0.15) is 5.10 Å². The van der Waals surface area contributed by atoms with Crippen LogP contribution in [0.4, 0.5) is 0 Å². The highest BCUT2D eigenvalue weighted by molar-refractivity contribution is 9.09. The maximum absolute atomic E-state index is 6.40. The Morgan fingerprint density at radius 3 is 2.71 bits per heavy atom. The zero-order valence-corrected chi connectivity index (χ0v) is 12.9. The van der Waals surface area contributed by atoms with Gasteiger partial charge in [0.25, 0.3) is 0 Å². The normalized spacial score (nSPS) is 25.2. The van der Waals surface area contributed by atoms with Crippen LogP contribution in [-0.2, 0) is 19.9 Å². The molecule has 1 fully saturated rings. The summed E-state index contributed by atoms with van der Waals surface area (Å²) in [5.74, 6) is 0.710. The van der Waals surface area contributed by atoms with E-state index in [0.717, 1.165) is 23.6 Å². The molecule has 1 aromatic rings. The van der Waals surface area contributed by atoms with E-state index in [-0.39, 0.29) is 0 Å². The van der Waals surface area contributed by atoms with Gasteiger partial charge in [-0.3, -0.25) is 4.68 Å². The van der Waals surface area contributed by atoms with E-state index in [0.29, 0.717) is 10.7 Å². The highest BCUT2D eigenvalue weighted by Gasteiger charge is 2.25. The molecule has 96 valence electrons. The van der Waals surface area contributed by atoms with Gasteiger partial charge in [-0.15, -0.1) is 0 Å². The lowest BCUT2D eigenvalue weighted by molar-refractivity contribution is 0.367. The first-order valence-corrected chi connectivity index (χ1v) is 7.77. The first kappa shape index (κ1) is 13.4. The van der Waals surface area contributed by atoms with E-state index in [4.69, 9.17) is 11.6 Å². The van der Waals surface area contributed by atoms with Gasteiger partial charge in [0, 0.05) is 11.9 Å². The summed E-state index contributed by atoms with van der Waals surface area (Å²) in [5, 5.41) is 5.38. The second-order valence-electron chi connectivity index (χ2n) is 4.95. The van der Waals surface area contributed by atoms with Crippen LogP contribution in [-0.4, -0.2) is 14.6 Å². The summed E-state index contributed by atoms with van der Waals surface area (Å²) in [6.45, 7) is 2.10. The maximum Gasteiger partial charge on any atom is 0.0849 e. The second-order valence-corrected chi connectivity index (χ2v) is 6.50. The lowest BCUT2D eigenvalue weighted by atomic mass is 9.86. The molecule has 0 amide bonds. The summed E-state index contributed by atoms with van der Waals surface area (Å²) in [6, 6.07) is 0. The molecule has 2 nitrogen and oxygen atoms in total. The number of hydrogen-bond acceptors (Lipinski definition) is 1. The number of aromatic nitrogens is 2. The molecule has 0 radical (unpaired) electrons. The van der Waals surface area contributed by atoms with Crippen LogP contribution in [0.3, 0.4) is 0 Å². The number of aryl methyl sites for hydroxylation is 2. The van der Waals surface area contributed by atoms with Crippen LogP contribution < -0.4 is 0 Å². The predicted octanol–water partition coefficient (Wildman–Crippen LogP) is 4.13. The first-order valence-electron chi connectivity index (χ1n) is 6.47. The van der Waals surface area contributed by atoms with Gasteiger partial charge >= 0.3 is 0 Å². The van der Waals surface area contributed by atoms with Crippen LogP contribution in [0.2, 0.25) is 5.02 Å². The van der Waals surface area contributed by atoms with Crippen LogP contribution in [0.1, 0.15) is 44.0 Å². The second kappa shape index (κ2) is 5.75. The van der Waals surface area contributed by atoms with E-state index < -0.39 is 0 Å². The summed E-state index contributed by atoms with van der Waals surface area (Å²) in [6.07, 6.45) is 7.27. The molecular formula is C13H20BrClN2. The van der Waals surface area contributed by atoms with Crippen molar-refractivity contribution < 1.29 is 0 Å². The molecule has 0 spiro atoms. The van der Waals surface area contributed by atoms with Gasteiger partial charge in [0.2, 0.25) is 0 Å². The maximum atomic E-state index is 6.40. The Morgan fingerprint density at radius 2 is 2.12 bits per heavy atom. The number of alkyl halides is 1.